The molecule has 5 heteroatoms. The van der Waals surface area contributed by atoms with E-state index in [9.17, 15) is 4.79 Å². The van der Waals surface area contributed by atoms with Crippen LogP contribution in [0.4, 0.5) is 0 Å². The number of nitrogens with one attached hydrogen (secondary N) is 1. The van der Waals surface area contributed by atoms with Crippen LogP contribution in [-0.4, -0.2) is 12.5 Å². The van der Waals surface area contributed by atoms with E-state index in [2.05, 4.69) is 5.32 Å². The predicted octanol–water partition coefficient (Wildman–Crippen LogP) is 4.25. The number of carbonyl (C=O) groups excluding carboxylic acids is 1. The molecular weight excluding hydrogens is 309 g/mol. The third-order valence-electron chi connectivity index (χ3n) is 3.44. The van der Waals surface area contributed by atoms with Gasteiger partial charge in [0.1, 0.15) is 5.75 Å². The second-order valence-corrected chi connectivity index (χ2v) is 5.67. The van der Waals surface area contributed by atoms with E-state index >= 15 is 0 Å². The zero-order chi connectivity index (χ0) is 14.8. The number of carbonyl (C=O) groups is 1. The van der Waals surface area contributed by atoms with Gasteiger partial charge in [-0.25, -0.2) is 0 Å². The summed E-state index contributed by atoms with van der Waals surface area (Å²) in [6.45, 7) is 0.580. The van der Waals surface area contributed by atoms with Crippen LogP contribution in [-0.2, 0) is 0 Å². The molecule has 0 unspecified atom stereocenters. The lowest BCUT2D eigenvalue weighted by Gasteiger charge is -2.26. The minimum absolute atomic E-state index is 0.0748. The van der Waals surface area contributed by atoms with E-state index in [0.717, 1.165) is 17.7 Å². The summed E-state index contributed by atoms with van der Waals surface area (Å²) in [7, 11) is 0. The van der Waals surface area contributed by atoms with Gasteiger partial charge in [-0.3, -0.25) is 4.79 Å². The Morgan fingerprint density at radius 1 is 1.19 bits per heavy atom. The predicted molar refractivity (Wildman–Crippen MR) is 83.2 cm³/mol. The number of fused-ring (bicyclic) bond motifs is 1. The highest BCUT2D eigenvalue weighted by molar-refractivity contribution is 6.36. The minimum Gasteiger partial charge on any atom is -0.493 e. The Hall–Kier alpha value is -1.71. The number of halogens is 2. The van der Waals surface area contributed by atoms with Gasteiger partial charge >= 0.3 is 0 Å². The Morgan fingerprint density at radius 2 is 2.00 bits per heavy atom. The van der Waals surface area contributed by atoms with Crippen LogP contribution in [0.5, 0.6) is 5.75 Å². The second-order valence-electron chi connectivity index (χ2n) is 4.83. The first-order valence-corrected chi connectivity index (χ1v) is 7.38. The average molecular weight is 322 g/mol. The molecule has 21 heavy (non-hydrogen) atoms. The van der Waals surface area contributed by atoms with Gasteiger partial charge in [-0.05, 0) is 24.3 Å². The second kappa shape index (κ2) is 5.96. The lowest BCUT2D eigenvalue weighted by molar-refractivity contribution is 0.0925. The molecule has 2 aromatic carbocycles. The monoisotopic (exact) mass is 321 g/mol. The van der Waals surface area contributed by atoms with Crippen LogP contribution in [0.3, 0.4) is 0 Å². The van der Waals surface area contributed by atoms with Gasteiger partial charge in [0.25, 0.3) is 5.91 Å². The van der Waals surface area contributed by atoms with Crippen molar-refractivity contribution in [3.63, 3.8) is 0 Å². The van der Waals surface area contributed by atoms with E-state index in [1.54, 1.807) is 18.2 Å². The maximum absolute atomic E-state index is 12.4. The standard InChI is InChI=1S/C16H13Cl2NO2/c17-10-5-6-11(13(18)9-10)16(20)19-14-7-8-21-15-4-2-1-3-12(14)15/h1-6,9,14H,7-8H2,(H,19,20)/t14-/m0/s1. The van der Waals surface area contributed by atoms with E-state index in [0.29, 0.717) is 22.2 Å². The molecule has 2 aromatic rings. The molecule has 0 aromatic heterocycles. The van der Waals surface area contributed by atoms with Crippen LogP contribution < -0.4 is 10.1 Å². The van der Waals surface area contributed by atoms with Crippen molar-refractivity contribution in [3.05, 3.63) is 63.6 Å². The number of amides is 1. The average Bonchev–Trinajstić information content (AvgIpc) is 2.47. The third kappa shape index (κ3) is 2.99. The highest BCUT2D eigenvalue weighted by Gasteiger charge is 2.23. The largest absolute Gasteiger partial charge is 0.493 e. The summed E-state index contributed by atoms with van der Waals surface area (Å²) in [5.74, 6) is 0.606. The summed E-state index contributed by atoms with van der Waals surface area (Å²) in [6, 6.07) is 12.5. The zero-order valence-electron chi connectivity index (χ0n) is 11.1. The van der Waals surface area contributed by atoms with E-state index in [1.807, 2.05) is 24.3 Å². The fraction of sp³-hybridized carbons (Fsp3) is 0.188. The molecule has 3 rings (SSSR count). The molecule has 0 spiro atoms. The molecule has 1 atom stereocenters. The smallest absolute Gasteiger partial charge is 0.253 e. The Morgan fingerprint density at radius 3 is 2.81 bits per heavy atom. The summed E-state index contributed by atoms with van der Waals surface area (Å²) < 4.78 is 5.59. The van der Waals surface area contributed by atoms with Gasteiger partial charge in [0.2, 0.25) is 0 Å². The molecule has 1 heterocycles. The number of benzene rings is 2. The quantitative estimate of drug-likeness (QED) is 0.898. The molecule has 0 fully saturated rings. The van der Waals surface area contributed by atoms with Crippen molar-refractivity contribution in [1.82, 2.24) is 5.32 Å². The van der Waals surface area contributed by atoms with E-state index < -0.39 is 0 Å². The molecular formula is C16H13Cl2NO2. The molecule has 1 amide bonds. The number of hydrogen-bond donors (Lipinski definition) is 1. The molecule has 1 aliphatic heterocycles. The van der Waals surface area contributed by atoms with Crippen LogP contribution >= 0.6 is 23.2 Å². The lowest BCUT2D eigenvalue weighted by Crippen LogP contribution is -2.32. The minimum atomic E-state index is -0.210. The molecule has 0 saturated carbocycles. The van der Waals surface area contributed by atoms with Crippen molar-refractivity contribution in [3.8, 4) is 5.75 Å². The van der Waals surface area contributed by atoms with Crippen molar-refractivity contribution in [2.24, 2.45) is 0 Å². The van der Waals surface area contributed by atoms with Gasteiger partial charge < -0.3 is 10.1 Å². The van der Waals surface area contributed by atoms with Gasteiger partial charge in [0.15, 0.2) is 0 Å². The molecule has 108 valence electrons. The van der Waals surface area contributed by atoms with Gasteiger partial charge in [0, 0.05) is 17.0 Å². The first kappa shape index (κ1) is 14.2. The normalized spacial score (nSPS) is 16.8. The summed E-state index contributed by atoms with van der Waals surface area (Å²) in [4.78, 5) is 12.4. The molecule has 0 saturated heterocycles. The first-order valence-electron chi connectivity index (χ1n) is 6.63. The number of rotatable bonds is 2. The van der Waals surface area contributed by atoms with Gasteiger partial charge in [-0.15, -0.1) is 0 Å². The Labute approximate surface area is 132 Å². The molecule has 1 N–H and O–H groups in total. The van der Waals surface area contributed by atoms with Gasteiger partial charge in [-0.1, -0.05) is 41.4 Å². The SMILES string of the molecule is O=C(N[C@H]1CCOc2ccccc21)c1ccc(Cl)cc1Cl. The Kier molecular flexibility index (Phi) is 4.04. The Balaban J connectivity index is 1.83. The number of para-hydroxylation sites is 1. The molecule has 0 bridgehead atoms. The van der Waals surface area contributed by atoms with Crippen molar-refractivity contribution in [2.45, 2.75) is 12.5 Å². The molecule has 1 aliphatic rings. The van der Waals surface area contributed by atoms with Gasteiger partial charge in [-0.2, -0.15) is 0 Å². The van der Waals surface area contributed by atoms with Crippen LogP contribution in [0.2, 0.25) is 10.0 Å². The number of ether oxygens (including phenoxy) is 1. The van der Waals surface area contributed by atoms with E-state index in [4.69, 9.17) is 27.9 Å². The zero-order valence-corrected chi connectivity index (χ0v) is 12.6. The topological polar surface area (TPSA) is 38.3 Å². The molecule has 3 nitrogen and oxygen atoms in total. The third-order valence-corrected chi connectivity index (χ3v) is 3.99. The van der Waals surface area contributed by atoms with Crippen LogP contribution in [0, 0.1) is 0 Å². The van der Waals surface area contributed by atoms with E-state index in [1.165, 1.54) is 0 Å². The van der Waals surface area contributed by atoms with Crippen molar-refractivity contribution in [1.29, 1.82) is 0 Å². The maximum Gasteiger partial charge on any atom is 0.253 e. The van der Waals surface area contributed by atoms with Gasteiger partial charge in [0.05, 0.1) is 23.2 Å². The summed E-state index contributed by atoms with van der Waals surface area (Å²) in [6.07, 6.45) is 0.730. The van der Waals surface area contributed by atoms with Crippen molar-refractivity contribution < 1.29 is 9.53 Å². The van der Waals surface area contributed by atoms with E-state index in [-0.39, 0.29) is 11.9 Å². The summed E-state index contributed by atoms with van der Waals surface area (Å²) in [5, 5.41) is 3.86. The van der Waals surface area contributed by atoms with Crippen LogP contribution in [0.1, 0.15) is 28.4 Å². The van der Waals surface area contributed by atoms with Crippen molar-refractivity contribution >= 4 is 29.1 Å². The highest BCUT2D eigenvalue weighted by atomic mass is 35.5. The van der Waals surface area contributed by atoms with Crippen LogP contribution in [0.25, 0.3) is 0 Å². The summed E-state index contributed by atoms with van der Waals surface area (Å²) in [5.41, 5.74) is 1.41. The summed E-state index contributed by atoms with van der Waals surface area (Å²) >= 11 is 11.9. The number of hydrogen-bond acceptors (Lipinski definition) is 2. The molecule has 0 radical (unpaired) electrons. The fourth-order valence-corrected chi connectivity index (χ4v) is 2.90. The Bertz CT molecular complexity index is 688. The first-order chi connectivity index (χ1) is 10.1. The fourth-order valence-electron chi connectivity index (χ4n) is 2.40. The van der Waals surface area contributed by atoms with Crippen LogP contribution in [0.15, 0.2) is 42.5 Å². The lowest BCUT2D eigenvalue weighted by atomic mass is 10.00. The maximum atomic E-state index is 12.4. The highest BCUT2D eigenvalue weighted by Crippen LogP contribution is 2.32. The molecule has 0 aliphatic carbocycles. The van der Waals surface area contributed by atoms with Crippen molar-refractivity contribution in [2.75, 3.05) is 6.61 Å².